The Hall–Kier alpha value is -2.60. The van der Waals surface area contributed by atoms with Crippen molar-refractivity contribution in [1.29, 1.82) is 0 Å². The van der Waals surface area contributed by atoms with Gasteiger partial charge in [0.2, 0.25) is 5.91 Å². The number of carbonyl (C=O) groups excluding carboxylic acids is 1. The largest absolute Gasteiger partial charge is 0.497 e. The maximum atomic E-state index is 12.2. The van der Waals surface area contributed by atoms with E-state index in [-0.39, 0.29) is 11.8 Å². The van der Waals surface area contributed by atoms with E-state index < -0.39 is 0 Å². The second-order valence-corrected chi connectivity index (χ2v) is 6.80. The molecule has 1 aliphatic heterocycles. The smallest absolute Gasteiger partial charge is 0.226 e. The van der Waals surface area contributed by atoms with Gasteiger partial charge in [-0.2, -0.15) is 5.10 Å². The van der Waals surface area contributed by atoms with E-state index in [4.69, 9.17) is 4.74 Å². The lowest BCUT2D eigenvalue weighted by Gasteiger charge is -2.24. The van der Waals surface area contributed by atoms with Gasteiger partial charge in [-0.3, -0.25) is 4.79 Å². The van der Waals surface area contributed by atoms with Gasteiger partial charge in [-0.25, -0.2) is 4.68 Å². The first-order valence-electron chi connectivity index (χ1n) is 7.76. The lowest BCUT2D eigenvalue weighted by molar-refractivity contribution is -0.116. The van der Waals surface area contributed by atoms with Crippen LogP contribution in [0.5, 0.6) is 5.75 Å². The Morgan fingerprint density at radius 3 is 3.08 bits per heavy atom. The van der Waals surface area contributed by atoms with Gasteiger partial charge in [0.25, 0.3) is 0 Å². The summed E-state index contributed by atoms with van der Waals surface area (Å²) in [4.78, 5) is 13.4. The Morgan fingerprint density at radius 1 is 1.38 bits per heavy atom. The molecular weight excluding hydrogens is 322 g/mol. The number of carbonyl (C=O) groups is 1. The zero-order valence-electron chi connectivity index (χ0n) is 13.2. The number of nitrogens with zero attached hydrogens (tertiary/aromatic N) is 2. The molecule has 0 unspecified atom stereocenters. The molecule has 1 N–H and O–H groups in total. The summed E-state index contributed by atoms with van der Waals surface area (Å²) in [5.41, 5.74) is 2.13. The third kappa shape index (κ3) is 2.69. The summed E-state index contributed by atoms with van der Waals surface area (Å²) in [6.45, 7) is 0.665. The summed E-state index contributed by atoms with van der Waals surface area (Å²) >= 11 is 1.68. The summed E-state index contributed by atoms with van der Waals surface area (Å²) in [5.74, 6) is 1.61. The quantitative estimate of drug-likeness (QED) is 0.792. The summed E-state index contributed by atoms with van der Waals surface area (Å²) in [7, 11) is 1.65. The van der Waals surface area contributed by atoms with E-state index in [0.29, 0.717) is 13.0 Å². The lowest BCUT2D eigenvalue weighted by Crippen LogP contribution is -2.25. The fraction of sp³-hybridized carbons (Fsp3) is 0.222. The third-order valence-electron chi connectivity index (χ3n) is 4.27. The first kappa shape index (κ1) is 15.0. The molecule has 1 atom stereocenters. The molecule has 0 radical (unpaired) electrons. The number of nitrogens with one attached hydrogen (secondary N) is 1. The predicted octanol–water partition coefficient (Wildman–Crippen LogP) is 3.48. The zero-order chi connectivity index (χ0) is 16.5. The van der Waals surface area contributed by atoms with Gasteiger partial charge in [0.15, 0.2) is 0 Å². The number of hydrogen-bond acceptors (Lipinski definition) is 4. The Bertz CT molecular complexity index is 870. The average molecular weight is 339 g/mol. The molecule has 1 aromatic carbocycles. The van der Waals surface area contributed by atoms with Crippen molar-refractivity contribution in [1.82, 2.24) is 9.78 Å². The van der Waals surface area contributed by atoms with Crippen molar-refractivity contribution in [3.05, 3.63) is 64.0 Å². The minimum Gasteiger partial charge on any atom is -0.497 e. The van der Waals surface area contributed by atoms with E-state index in [1.54, 1.807) is 18.4 Å². The van der Waals surface area contributed by atoms with Gasteiger partial charge in [0, 0.05) is 22.8 Å². The van der Waals surface area contributed by atoms with Crippen LogP contribution in [-0.2, 0) is 11.3 Å². The van der Waals surface area contributed by atoms with Gasteiger partial charge < -0.3 is 10.1 Å². The number of ether oxygens (including phenoxy) is 1. The highest BCUT2D eigenvalue weighted by Gasteiger charge is 2.30. The highest BCUT2D eigenvalue weighted by atomic mass is 32.1. The lowest BCUT2D eigenvalue weighted by atomic mass is 9.87. The fourth-order valence-electron chi connectivity index (χ4n) is 3.10. The van der Waals surface area contributed by atoms with Gasteiger partial charge in [0.1, 0.15) is 11.6 Å². The summed E-state index contributed by atoms with van der Waals surface area (Å²) in [6, 6.07) is 12.0. The second kappa shape index (κ2) is 6.13. The molecule has 1 amide bonds. The Morgan fingerprint density at radius 2 is 2.29 bits per heavy atom. The van der Waals surface area contributed by atoms with Crippen LogP contribution in [-0.4, -0.2) is 22.8 Å². The number of hydrogen-bond donors (Lipinski definition) is 1. The SMILES string of the molecule is COc1cccc([C@@H]2CC(=O)Nc3c2cnn3Cc2cccs2)c1. The van der Waals surface area contributed by atoms with Crippen molar-refractivity contribution in [2.45, 2.75) is 18.9 Å². The first-order chi connectivity index (χ1) is 11.7. The van der Waals surface area contributed by atoms with E-state index in [0.717, 1.165) is 22.7 Å². The summed E-state index contributed by atoms with van der Waals surface area (Å²) in [6.07, 6.45) is 2.29. The molecule has 0 bridgehead atoms. The number of fused-ring (bicyclic) bond motifs is 1. The van der Waals surface area contributed by atoms with E-state index in [1.807, 2.05) is 46.6 Å². The van der Waals surface area contributed by atoms with Crippen LogP contribution >= 0.6 is 11.3 Å². The zero-order valence-corrected chi connectivity index (χ0v) is 14.0. The van der Waals surface area contributed by atoms with Crippen LogP contribution in [0.4, 0.5) is 5.82 Å². The average Bonchev–Trinajstić information content (AvgIpc) is 3.25. The molecule has 4 rings (SSSR count). The minimum absolute atomic E-state index is 0.000866. The molecule has 0 spiro atoms. The number of amides is 1. The highest BCUT2D eigenvalue weighted by Crippen LogP contribution is 2.38. The van der Waals surface area contributed by atoms with Gasteiger partial charge in [0.05, 0.1) is 19.9 Å². The van der Waals surface area contributed by atoms with Gasteiger partial charge in [-0.1, -0.05) is 18.2 Å². The Kier molecular flexibility index (Phi) is 3.82. The maximum Gasteiger partial charge on any atom is 0.226 e. The molecule has 0 saturated carbocycles. The van der Waals surface area contributed by atoms with Crippen molar-refractivity contribution in [2.24, 2.45) is 0 Å². The van der Waals surface area contributed by atoms with Crippen molar-refractivity contribution < 1.29 is 9.53 Å². The Balaban J connectivity index is 1.72. The fourth-order valence-corrected chi connectivity index (χ4v) is 3.78. The van der Waals surface area contributed by atoms with Crippen LogP contribution in [0.15, 0.2) is 48.0 Å². The number of aromatic nitrogens is 2. The van der Waals surface area contributed by atoms with E-state index in [2.05, 4.69) is 16.5 Å². The van der Waals surface area contributed by atoms with Gasteiger partial charge >= 0.3 is 0 Å². The van der Waals surface area contributed by atoms with E-state index >= 15 is 0 Å². The molecule has 24 heavy (non-hydrogen) atoms. The number of thiophene rings is 1. The van der Waals surface area contributed by atoms with Crippen LogP contribution < -0.4 is 10.1 Å². The predicted molar refractivity (Wildman–Crippen MR) is 93.7 cm³/mol. The topological polar surface area (TPSA) is 56.1 Å². The standard InChI is InChI=1S/C18H17N3O2S/c1-23-13-5-2-4-12(8-13)15-9-17(22)20-18-16(15)10-19-21(18)11-14-6-3-7-24-14/h2-8,10,15H,9,11H2,1H3,(H,20,22)/t15-/m0/s1. The number of methoxy groups -OCH3 is 1. The van der Waals surface area contributed by atoms with Gasteiger partial charge in [-0.15, -0.1) is 11.3 Å². The molecule has 0 fully saturated rings. The molecule has 6 heteroatoms. The van der Waals surface area contributed by atoms with Crippen molar-refractivity contribution >= 4 is 23.1 Å². The summed E-state index contributed by atoms with van der Waals surface area (Å²) < 4.78 is 7.18. The summed E-state index contributed by atoms with van der Waals surface area (Å²) in [5, 5.41) is 9.53. The van der Waals surface area contributed by atoms with Crippen LogP contribution in [0.25, 0.3) is 0 Å². The van der Waals surface area contributed by atoms with Crippen molar-refractivity contribution in [2.75, 3.05) is 12.4 Å². The van der Waals surface area contributed by atoms with Crippen LogP contribution in [0, 0.1) is 0 Å². The number of rotatable bonds is 4. The molecule has 3 heterocycles. The molecular formula is C18H17N3O2S. The molecule has 2 aromatic heterocycles. The molecule has 1 aliphatic rings. The molecule has 122 valence electrons. The molecule has 3 aromatic rings. The minimum atomic E-state index is 0.000866. The number of benzene rings is 1. The normalized spacial score (nSPS) is 16.5. The monoisotopic (exact) mass is 339 g/mol. The van der Waals surface area contributed by atoms with Crippen molar-refractivity contribution in [3.63, 3.8) is 0 Å². The first-order valence-corrected chi connectivity index (χ1v) is 8.64. The molecule has 0 saturated heterocycles. The van der Waals surface area contributed by atoms with Crippen LogP contribution in [0.3, 0.4) is 0 Å². The van der Waals surface area contributed by atoms with E-state index in [1.165, 1.54) is 4.88 Å². The Labute approximate surface area is 143 Å². The van der Waals surface area contributed by atoms with Crippen LogP contribution in [0.1, 0.15) is 28.3 Å². The van der Waals surface area contributed by atoms with Gasteiger partial charge in [-0.05, 0) is 29.1 Å². The molecule has 5 nitrogen and oxygen atoms in total. The van der Waals surface area contributed by atoms with Crippen molar-refractivity contribution in [3.8, 4) is 5.75 Å². The molecule has 0 aliphatic carbocycles. The third-order valence-corrected chi connectivity index (χ3v) is 5.13. The maximum absolute atomic E-state index is 12.2. The number of anilines is 1. The highest BCUT2D eigenvalue weighted by molar-refractivity contribution is 7.09. The second-order valence-electron chi connectivity index (χ2n) is 5.77. The van der Waals surface area contributed by atoms with Crippen LogP contribution in [0.2, 0.25) is 0 Å². The van der Waals surface area contributed by atoms with E-state index in [9.17, 15) is 4.79 Å².